The summed E-state index contributed by atoms with van der Waals surface area (Å²) in [5.41, 5.74) is 2.24. The van der Waals surface area contributed by atoms with Crippen LogP contribution in [0, 0.1) is 0 Å². The second-order valence-electron chi connectivity index (χ2n) is 7.65. The summed E-state index contributed by atoms with van der Waals surface area (Å²) in [5.74, 6) is -0.789. The van der Waals surface area contributed by atoms with Crippen LogP contribution in [-0.4, -0.2) is 39.3 Å². The standard InChI is InChI=1S/C23H27ClN4O3/c1-5-6-7-11-25-22(29)19-12-17(18-13-26-28(4)21(18)24)15-9-8-10-16(20(15)27-19)23(30)31-14(2)3/h8-10,12-14H,5-7,11H2,1-4H3,(H,25,29). The normalized spacial score (nSPS) is 11.2. The van der Waals surface area contributed by atoms with E-state index in [1.165, 1.54) is 0 Å². The molecule has 31 heavy (non-hydrogen) atoms. The van der Waals surface area contributed by atoms with Crippen molar-refractivity contribution in [2.75, 3.05) is 6.54 Å². The molecule has 0 aliphatic carbocycles. The number of unbranched alkanes of at least 4 members (excludes halogenated alkanes) is 2. The van der Waals surface area contributed by atoms with Crippen molar-refractivity contribution in [3.8, 4) is 11.1 Å². The molecule has 7 nitrogen and oxygen atoms in total. The number of aryl methyl sites for hydroxylation is 1. The minimum absolute atomic E-state index is 0.212. The fraction of sp³-hybridized carbons (Fsp3) is 0.391. The molecule has 1 aromatic carbocycles. The maximum absolute atomic E-state index is 12.8. The summed E-state index contributed by atoms with van der Waals surface area (Å²) in [6.07, 6.45) is 4.35. The largest absolute Gasteiger partial charge is 0.459 e. The molecule has 0 saturated carbocycles. The highest BCUT2D eigenvalue weighted by atomic mass is 35.5. The van der Waals surface area contributed by atoms with Gasteiger partial charge in [0.15, 0.2) is 0 Å². The topological polar surface area (TPSA) is 86.1 Å². The molecule has 1 N–H and O–H groups in total. The Balaban J connectivity index is 2.15. The molecular weight excluding hydrogens is 416 g/mol. The monoisotopic (exact) mass is 442 g/mol. The van der Waals surface area contributed by atoms with E-state index in [4.69, 9.17) is 16.3 Å². The lowest BCUT2D eigenvalue weighted by atomic mass is 10.00. The quantitative estimate of drug-likeness (QED) is 0.401. The van der Waals surface area contributed by atoms with Crippen molar-refractivity contribution in [2.24, 2.45) is 7.05 Å². The van der Waals surface area contributed by atoms with Gasteiger partial charge in [-0.25, -0.2) is 9.78 Å². The summed E-state index contributed by atoms with van der Waals surface area (Å²) < 4.78 is 6.93. The van der Waals surface area contributed by atoms with E-state index in [0.29, 0.717) is 39.3 Å². The van der Waals surface area contributed by atoms with Crippen LogP contribution in [0.3, 0.4) is 0 Å². The first kappa shape index (κ1) is 22.7. The number of rotatable bonds is 8. The number of benzene rings is 1. The van der Waals surface area contributed by atoms with E-state index in [1.54, 1.807) is 50.0 Å². The van der Waals surface area contributed by atoms with E-state index >= 15 is 0 Å². The molecule has 0 radical (unpaired) electrons. The van der Waals surface area contributed by atoms with Gasteiger partial charge >= 0.3 is 5.97 Å². The highest BCUT2D eigenvalue weighted by molar-refractivity contribution is 6.32. The molecule has 0 bridgehead atoms. The fourth-order valence-corrected chi connectivity index (χ4v) is 3.49. The molecule has 0 aliphatic rings. The lowest BCUT2D eigenvalue weighted by Crippen LogP contribution is -2.25. The van der Waals surface area contributed by atoms with Crippen molar-refractivity contribution in [2.45, 2.75) is 46.1 Å². The second kappa shape index (κ2) is 9.92. The molecule has 164 valence electrons. The van der Waals surface area contributed by atoms with Crippen LogP contribution in [0.5, 0.6) is 0 Å². The number of ether oxygens (including phenoxy) is 1. The Hall–Kier alpha value is -2.93. The van der Waals surface area contributed by atoms with Crippen molar-refractivity contribution in [1.29, 1.82) is 0 Å². The van der Waals surface area contributed by atoms with Gasteiger partial charge in [-0.2, -0.15) is 5.10 Å². The highest BCUT2D eigenvalue weighted by Crippen LogP contribution is 2.34. The molecule has 3 aromatic rings. The maximum atomic E-state index is 12.8. The van der Waals surface area contributed by atoms with Gasteiger partial charge in [0.2, 0.25) is 0 Å². The minimum atomic E-state index is -0.489. The van der Waals surface area contributed by atoms with E-state index in [1.807, 2.05) is 6.07 Å². The predicted octanol–water partition coefficient (Wildman–Crippen LogP) is 4.77. The molecule has 0 unspecified atom stereocenters. The van der Waals surface area contributed by atoms with Gasteiger partial charge in [-0.15, -0.1) is 0 Å². The summed E-state index contributed by atoms with van der Waals surface area (Å²) >= 11 is 6.45. The van der Waals surface area contributed by atoms with Gasteiger partial charge in [-0.05, 0) is 38.0 Å². The Morgan fingerprint density at radius 2 is 2.00 bits per heavy atom. The Labute approximate surface area is 186 Å². The number of halogens is 1. The first-order valence-electron chi connectivity index (χ1n) is 10.4. The average Bonchev–Trinajstić information content (AvgIpc) is 3.07. The number of aromatic nitrogens is 3. The molecule has 0 spiro atoms. The van der Waals surface area contributed by atoms with E-state index in [2.05, 4.69) is 22.3 Å². The molecule has 3 rings (SSSR count). The van der Waals surface area contributed by atoms with Crippen LogP contribution in [0.4, 0.5) is 0 Å². The molecule has 0 aliphatic heterocycles. The smallest absolute Gasteiger partial charge is 0.340 e. The van der Waals surface area contributed by atoms with Crippen LogP contribution in [0.2, 0.25) is 5.15 Å². The van der Waals surface area contributed by atoms with Crippen molar-refractivity contribution in [3.05, 3.63) is 46.9 Å². The van der Waals surface area contributed by atoms with Gasteiger partial charge in [0.05, 0.1) is 23.4 Å². The zero-order valence-corrected chi connectivity index (χ0v) is 19.0. The zero-order valence-electron chi connectivity index (χ0n) is 18.2. The summed E-state index contributed by atoms with van der Waals surface area (Å²) in [5, 5.41) is 8.24. The van der Waals surface area contributed by atoms with E-state index in [9.17, 15) is 9.59 Å². The Morgan fingerprint density at radius 3 is 2.65 bits per heavy atom. The van der Waals surface area contributed by atoms with Crippen LogP contribution < -0.4 is 5.32 Å². The number of para-hydroxylation sites is 1. The number of nitrogens with one attached hydrogen (secondary N) is 1. The van der Waals surface area contributed by atoms with Gasteiger partial charge in [0.25, 0.3) is 5.91 Å². The molecule has 2 aromatic heterocycles. The van der Waals surface area contributed by atoms with Crippen molar-refractivity contribution in [3.63, 3.8) is 0 Å². The second-order valence-corrected chi connectivity index (χ2v) is 8.00. The minimum Gasteiger partial charge on any atom is -0.459 e. The van der Waals surface area contributed by atoms with Crippen molar-refractivity contribution >= 4 is 34.4 Å². The van der Waals surface area contributed by atoms with Gasteiger partial charge in [0.1, 0.15) is 10.8 Å². The van der Waals surface area contributed by atoms with Gasteiger partial charge in [0, 0.05) is 24.5 Å². The summed E-state index contributed by atoms with van der Waals surface area (Å²) in [6, 6.07) is 6.95. The number of fused-ring (bicyclic) bond motifs is 1. The van der Waals surface area contributed by atoms with Gasteiger partial charge < -0.3 is 10.1 Å². The third-order valence-electron chi connectivity index (χ3n) is 4.86. The average molecular weight is 443 g/mol. The molecule has 1 amide bonds. The number of amides is 1. The summed E-state index contributed by atoms with van der Waals surface area (Å²) in [6.45, 7) is 6.24. The Bertz CT molecular complexity index is 1110. The lowest BCUT2D eigenvalue weighted by molar-refractivity contribution is 0.0380. The van der Waals surface area contributed by atoms with E-state index < -0.39 is 5.97 Å². The van der Waals surface area contributed by atoms with Crippen LogP contribution in [0.1, 0.15) is 60.9 Å². The van der Waals surface area contributed by atoms with Crippen LogP contribution in [-0.2, 0) is 11.8 Å². The van der Waals surface area contributed by atoms with Crippen LogP contribution in [0.15, 0.2) is 30.5 Å². The number of carbonyl (C=O) groups excluding carboxylic acids is 2. The van der Waals surface area contributed by atoms with Crippen LogP contribution in [0.25, 0.3) is 22.0 Å². The lowest BCUT2D eigenvalue weighted by Gasteiger charge is -2.13. The van der Waals surface area contributed by atoms with Gasteiger partial charge in [-0.1, -0.05) is 43.5 Å². The predicted molar refractivity (Wildman–Crippen MR) is 121 cm³/mol. The maximum Gasteiger partial charge on any atom is 0.340 e. The molecule has 0 fully saturated rings. The fourth-order valence-electron chi connectivity index (χ4n) is 3.30. The van der Waals surface area contributed by atoms with E-state index in [0.717, 1.165) is 19.3 Å². The first-order valence-corrected chi connectivity index (χ1v) is 10.8. The number of hydrogen-bond donors (Lipinski definition) is 1. The van der Waals surface area contributed by atoms with E-state index in [-0.39, 0.29) is 17.7 Å². The number of nitrogens with zero attached hydrogens (tertiary/aromatic N) is 3. The Kier molecular flexibility index (Phi) is 7.28. The van der Waals surface area contributed by atoms with Crippen molar-refractivity contribution < 1.29 is 14.3 Å². The highest BCUT2D eigenvalue weighted by Gasteiger charge is 2.21. The summed E-state index contributed by atoms with van der Waals surface area (Å²) in [4.78, 5) is 30.1. The summed E-state index contributed by atoms with van der Waals surface area (Å²) in [7, 11) is 1.74. The number of carbonyl (C=O) groups is 2. The Morgan fingerprint density at radius 1 is 1.23 bits per heavy atom. The van der Waals surface area contributed by atoms with Gasteiger partial charge in [-0.3, -0.25) is 9.48 Å². The SMILES string of the molecule is CCCCCNC(=O)c1cc(-c2cnn(C)c2Cl)c2cccc(C(=O)OC(C)C)c2n1. The number of pyridine rings is 1. The zero-order chi connectivity index (χ0) is 22.5. The van der Waals surface area contributed by atoms with Crippen molar-refractivity contribution in [1.82, 2.24) is 20.1 Å². The third kappa shape index (κ3) is 5.05. The first-order chi connectivity index (χ1) is 14.8. The number of esters is 1. The molecular formula is C23H27ClN4O3. The molecule has 8 heteroatoms. The third-order valence-corrected chi connectivity index (χ3v) is 5.31. The number of hydrogen-bond acceptors (Lipinski definition) is 5. The molecule has 0 atom stereocenters. The molecule has 0 saturated heterocycles. The molecule has 2 heterocycles. The van der Waals surface area contributed by atoms with Crippen LogP contribution >= 0.6 is 11.6 Å².